The molecule has 1 aromatic carbocycles. The van der Waals surface area contributed by atoms with Crippen molar-refractivity contribution in [1.82, 2.24) is 14.3 Å². The van der Waals surface area contributed by atoms with Gasteiger partial charge in [0.25, 0.3) is 5.56 Å². The van der Waals surface area contributed by atoms with Crippen LogP contribution in [0.25, 0.3) is 0 Å². The summed E-state index contributed by atoms with van der Waals surface area (Å²) in [5.74, 6) is -1.42. The maximum absolute atomic E-state index is 13.7. The third-order valence-electron chi connectivity index (χ3n) is 3.97. The minimum Gasteiger partial charge on any atom is -0.487 e. The molecule has 3 aromatic rings. The summed E-state index contributed by atoms with van der Waals surface area (Å²) in [6, 6.07) is 6.04. The quantitative estimate of drug-likeness (QED) is 0.697. The molecule has 0 aliphatic heterocycles. The number of halogens is 3. The molecule has 3 rings (SSSR count). The fourth-order valence-electron chi connectivity index (χ4n) is 2.53. The highest BCUT2D eigenvalue weighted by Gasteiger charge is 2.15. The summed E-state index contributed by atoms with van der Waals surface area (Å²) in [5.41, 5.74) is 0.374. The molecule has 0 aliphatic carbocycles. The van der Waals surface area contributed by atoms with Crippen LogP contribution in [0.15, 0.2) is 41.3 Å². The average molecular weight is 410 g/mol. The molecule has 0 saturated heterocycles. The van der Waals surface area contributed by atoms with Crippen LogP contribution in [0.3, 0.4) is 0 Å². The molecular formula is C18H14ClF2N3O4. The first kappa shape index (κ1) is 19.6. The molecule has 0 fully saturated rings. The molecule has 0 aliphatic rings. The Morgan fingerprint density at radius 3 is 2.68 bits per heavy atom. The van der Waals surface area contributed by atoms with Gasteiger partial charge in [-0.3, -0.25) is 4.79 Å². The Morgan fingerprint density at radius 2 is 2.04 bits per heavy atom. The third kappa shape index (κ3) is 4.04. The van der Waals surface area contributed by atoms with Crippen molar-refractivity contribution in [3.8, 4) is 5.75 Å². The lowest BCUT2D eigenvalue weighted by Crippen LogP contribution is -2.24. The Balaban J connectivity index is 1.83. The Kier molecular flexibility index (Phi) is 5.46. The summed E-state index contributed by atoms with van der Waals surface area (Å²) in [5, 5.41) is 12.5. The molecule has 0 spiro atoms. The smallest absolute Gasteiger partial charge is 0.432 e. The number of carbonyl (C=O) groups is 1. The van der Waals surface area contributed by atoms with Crippen LogP contribution in [0.1, 0.15) is 17.0 Å². The van der Waals surface area contributed by atoms with Crippen LogP contribution in [-0.4, -0.2) is 25.5 Å². The largest absolute Gasteiger partial charge is 0.487 e. The van der Waals surface area contributed by atoms with Crippen LogP contribution in [-0.2, 0) is 13.2 Å². The molecule has 2 heterocycles. The van der Waals surface area contributed by atoms with E-state index in [4.69, 9.17) is 21.4 Å². The first-order chi connectivity index (χ1) is 13.3. The monoisotopic (exact) mass is 409 g/mol. The summed E-state index contributed by atoms with van der Waals surface area (Å²) in [6.45, 7) is 1.41. The van der Waals surface area contributed by atoms with E-state index in [1.165, 1.54) is 29.0 Å². The summed E-state index contributed by atoms with van der Waals surface area (Å²) in [4.78, 5) is 23.4. The van der Waals surface area contributed by atoms with Gasteiger partial charge < -0.3 is 14.4 Å². The predicted octanol–water partition coefficient (Wildman–Crippen LogP) is 3.44. The lowest BCUT2D eigenvalue weighted by Gasteiger charge is -2.14. The van der Waals surface area contributed by atoms with Gasteiger partial charge >= 0.3 is 6.09 Å². The van der Waals surface area contributed by atoms with E-state index in [0.29, 0.717) is 11.4 Å². The van der Waals surface area contributed by atoms with Crippen molar-refractivity contribution < 1.29 is 23.4 Å². The van der Waals surface area contributed by atoms with Gasteiger partial charge in [-0.25, -0.2) is 13.6 Å². The van der Waals surface area contributed by atoms with E-state index in [0.717, 1.165) is 16.8 Å². The van der Waals surface area contributed by atoms with E-state index in [1.54, 1.807) is 6.92 Å². The van der Waals surface area contributed by atoms with Crippen LogP contribution in [0.4, 0.5) is 13.6 Å². The number of rotatable bonds is 5. The molecule has 28 heavy (non-hydrogen) atoms. The standard InChI is InChI=1S/C18H14ClF2N3O4/c1-10-6-15(28-9-11-2-3-12(20)7-14(11)21)16(19)17(25)23(10)8-13-4-5-24(22-13)18(26)27/h2-7H,8-9H2,1H3,(H,26,27). The van der Waals surface area contributed by atoms with Crippen LogP contribution in [0.2, 0.25) is 5.02 Å². The number of carboxylic acid groups (broad SMARTS) is 1. The van der Waals surface area contributed by atoms with E-state index in [1.807, 2.05) is 0 Å². The van der Waals surface area contributed by atoms with Gasteiger partial charge in [0, 0.05) is 29.6 Å². The summed E-state index contributed by atoms with van der Waals surface area (Å²) in [7, 11) is 0. The number of pyridine rings is 1. The zero-order valence-electron chi connectivity index (χ0n) is 14.5. The lowest BCUT2D eigenvalue weighted by molar-refractivity contribution is 0.192. The van der Waals surface area contributed by atoms with Gasteiger partial charge in [0.15, 0.2) is 0 Å². The van der Waals surface area contributed by atoms with E-state index in [2.05, 4.69) is 5.10 Å². The van der Waals surface area contributed by atoms with Crippen LogP contribution < -0.4 is 10.3 Å². The van der Waals surface area contributed by atoms with Crippen molar-refractivity contribution >= 4 is 17.7 Å². The molecule has 0 saturated carbocycles. The number of ether oxygens (including phenoxy) is 1. The maximum Gasteiger partial charge on any atom is 0.432 e. The van der Waals surface area contributed by atoms with Crippen LogP contribution in [0, 0.1) is 18.6 Å². The fraction of sp³-hybridized carbons (Fsp3) is 0.167. The van der Waals surface area contributed by atoms with Crippen molar-refractivity contribution in [3.05, 3.63) is 80.5 Å². The van der Waals surface area contributed by atoms with Gasteiger partial charge in [-0.1, -0.05) is 11.6 Å². The summed E-state index contributed by atoms with van der Waals surface area (Å²) < 4.78 is 34.1. The number of hydrogen-bond acceptors (Lipinski definition) is 4. The first-order valence-electron chi connectivity index (χ1n) is 8.00. The molecular weight excluding hydrogens is 396 g/mol. The van der Waals surface area contributed by atoms with Crippen molar-refractivity contribution in [1.29, 1.82) is 0 Å². The molecule has 7 nitrogen and oxygen atoms in total. The summed E-state index contributed by atoms with van der Waals surface area (Å²) >= 11 is 6.09. The lowest BCUT2D eigenvalue weighted by atomic mass is 10.2. The molecule has 10 heteroatoms. The van der Waals surface area contributed by atoms with Gasteiger partial charge in [0.2, 0.25) is 0 Å². The fourth-order valence-corrected chi connectivity index (χ4v) is 2.74. The molecule has 0 unspecified atom stereocenters. The van der Waals surface area contributed by atoms with Gasteiger partial charge in [-0.2, -0.15) is 9.78 Å². The second kappa shape index (κ2) is 7.81. The molecule has 0 amide bonds. The highest BCUT2D eigenvalue weighted by atomic mass is 35.5. The highest BCUT2D eigenvalue weighted by Crippen LogP contribution is 2.24. The number of nitrogens with zero attached hydrogens (tertiary/aromatic N) is 3. The van der Waals surface area contributed by atoms with E-state index in [9.17, 15) is 18.4 Å². The maximum atomic E-state index is 13.7. The zero-order valence-corrected chi connectivity index (χ0v) is 15.3. The Hall–Kier alpha value is -3.20. The SMILES string of the molecule is Cc1cc(OCc2ccc(F)cc2F)c(Cl)c(=O)n1Cc1ccn(C(=O)O)n1. The topological polar surface area (TPSA) is 86.3 Å². The van der Waals surface area contributed by atoms with Crippen molar-refractivity contribution in [2.75, 3.05) is 0 Å². The van der Waals surface area contributed by atoms with Crippen LogP contribution in [0.5, 0.6) is 5.75 Å². The Morgan fingerprint density at radius 1 is 1.29 bits per heavy atom. The zero-order chi connectivity index (χ0) is 20.4. The first-order valence-corrected chi connectivity index (χ1v) is 8.38. The van der Waals surface area contributed by atoms with E-state index in [-0.39, 0.29) is 29.5 Å². The minimum absolute atomic E-state index is 0.0114. The normalized spacial score (nSPS) is 10.9. The minimum atomic E-state index is -1.25. The van der Waals surface area contributed by atoms with Gasteiger partial charge in [0.1, 0.15) is 29.0 Å². The Bertz CT molecular complexity index is 1110. The highest BCUT2D eigenvalue weighted by molar-refractivity contribution is 6.31. The molecule has 2 aromatic heterocycles. The number of hydrogen-bond donors (Lipinski definition) is 1. The molecule has 0 radical (unpaired) electrons. The molecule has 0 bridgehead atoms. The molecule has 0 atom stereocenters. The second-order valence-electron chi connectivity index (χ2n) is 5.91. The van der Waals surface area contributed by atoms with Gasteiger partial charge in [-0.05, 0) is 25.1 Å². The molecule has 146 valence electrons. The van der Waals surface area contributed by atoms with E-state index < -0.39 is 23.3 Å². The molecule has 1 N–H and O–H groups in total. The second-order valence-corrected chi connectivity index (χ2v) is 6.29. The summed E-state index contributed by atoms with van der Waals surface area (Å²) in [6.07, 6.45) is 0.0130. The van der Waals surface area contributed by atoms with E-state index >= 15 is 0 Å². The van der Waals surface area contributed by atoms with Gasteiger partial charge in [0.05, 0.1) is 12.2 Å². The Labute approximate surface area is 162 Å². The number of aromatic nitrogens is 3. The third-order valence-corrected chi connectivity index (χ3v) is 4.32. The van der Waals surface area contributed by atoms with Crippen molar-refractivity contribution in [3.63, 3.8) is 0 Å². The average Bonchev–Trinajstić information content (AvgIpc) is 3.11. The van der Waals surface area contributed by atoms with Crippen LogP contribution >= 0.6 is 11.6 Å². The number of aryl methyl sites for hydroxylation is 1. The van der Waals surface area contributed by atoms with Crippen molar-refractivity contribution in [2.24, 2.45) is 0 Å². The van der Waals surface area contributed by atoms with Crippen molar-refractivity contribution in [2.45, 2.75) is 20.1 Å². The predicted molar refractivity (Wildman–Crippen MR) is 95.9 cm³/mol. The van der Waals surface area contributed by atoms with Gasteiger partial charge in [-0.15, -0.1) is 0 Å². The number of benzene rings is 1.